The highest BCUT2D eigenvalue weighted by atomic mass is 16.5. The third-order valence-electron chi connectivity index (χ3n) is 4.78. The molecular formula is C19H23N5O. The largest absolute Gasteiger partial charge is 0.338 e. The van der Waals surface area contributed by atoms with Crippen LogP contribution < -0.4 is 0 Å². The van der Waals surface area contributed by atoms with Crippen molar-refractivity contribution in [3.8, 4) is 0 Å². The molecule has 3 aromatic rings. The molecule has 0 aliphatic carbocycles. The molecule has 6 heteroatoms. The molecule has 130 valence electrons. The summed E-state index contributed by atoms with van der Waals surface area (Å²) in [7, 11) is 0. The van der Waals surface area contributed by atoms with Gasteiger partial charge in [-0.2, -0.15) is 4.98 Å². The zero-order chi connectivity index (χ0) is 17.1. The molecule has 4 rings (SSSR count). The number of hydrogen-bond donors (Lipinski definition) is 0. The quantitative estimate of drug-likeness (QED) is 0.714. The fourth-order valence-corrected chi connectivity index (χ4v) is 3.51. The van der Waals surface area contributed by atoms with Crippen LogP contribution in [0.1, 0.15) is 48.4 Å². The van der Waals surface area contributed by atoms with Gasteiger partial charge in [0.15, 0.2) is 5.82 Å². The number of benzene rings is 1. The van der Waals surface area contributed by atoms with Gasteiger partial charge in [-0.05, 0) is 31.9 Å². The maximum Gasteiger partial charge on any atom is 0.243 e. The van der Waals surface area contributed by atoms with Gasteiger partial charge in [0, 0.05) is 18.9 Å². The number of aromatic nitrogens is 4. The monoisotopic (exact) mass is 337 g/mol. The van der Waals surface area contributed by atoms with Gasteiger partial charge in [0.2, 0.25) is 5.89 Å². The van der Waals surface area contributed by atoms with Crippen molar-refractivity contribution in [3.05, 3.63) is 65.8 Å². The molecule has 0 saturated carbocycles. The second kappa shape index (κ2) is 7.19. The lowest BCUT2D eigenvalue weighted by atomic mass is 10.0. The lowest BCUT2D eigenvalue weighted by Crippen LogP contribution is -2.34. The number of imidazole rings is 1. The van der Waals surface area contributed by atoms with Crippen molar-refractivity contribution in [2.75, 3.05) is 6.54 Å². The highest BCUT2D eigenvalue weighted by Gasteiger charge is 2.29. The fourth-order valence-electron chi connectivity index (χ4n) is 3.51. The zero-order valence-corrected chi connectivity index (χ0v) is 14.5. The second-order valence-electron chi connectivity index (χ2n) is 6.62. The molecule has 6 nitrogen and oxygen atoms in total. The minimum atomic E-state index is 0.192. The summed E-state index contributed by atoms with van der Waals surface area (Å²) in [5, 5.41) is 3.96. The van der Waals surface area contributed by atoms with Crippen molar-refractivity contribution in [3.63, 3.8) is 0 Å². The van der Waals surface area contributed by atoms with Crippen molar-refractivity contribution in [2.24, 2.45) is 0 Å². The van der Waals surface area contributed by atoms with Crippen LogP contribution in [0.2, 0.25) is 0 Å². The van der Waals surface area contributed by atoms with E-state index in [4.69, 9.17) is 4.52 Å². The van der Waals surface area contributed by atoms with Crippen LogP contribution in [0.3, 0.4) is 0 Å². The van der Waals surface area contributed by atoms with Gasteiger partial charge < -0.3 is 9.09 Å². The van der Waals surface area contributed by atoms with Crippen LogP contribution in [-0.2, 0) is 13.1 Å². The van der Waals surface area contributed by atoms with Crippen LogP contribution >= 0.6 is 0 Å². The van der Waals surface area contributed by atoms with Crippen molar-refractivity contribution >= 4 is 0 Å². The molecule has 1 aromatic carbocycles. The molecule has 0 spiro atoms. The summed E-state index contributed by atoms with van der Waals surface area (Å²) in [5.41, 5.74) is 1.28. The average molecular weight is 337 g/mol. The van der Waals surface area contributed by atoms with E-state index >= 15 is 0 Å². The first-order valence-corrected chi connectivity index (χ1v) is 8.88. The molecular weight excluding hydrogens is 314 g/mol. The number of piperidine rings is 1. The summed E-state index contributed by atoms with van der Waals surface area (Å²) in [4.78, 5) is 11.5. The van der Waals surface area contributed by atoms with Crippen LogP contribution in [0.15, 0.2) is 47.2 Å². The molecule has 0 bridgehead atoms. The Morgan fingerprint density at radius 2 is 2.04 bits per heavy atom. The predicted molar refractivity (Wildman–Crippen MR) is 93.8 cm³/mol. The number of nitrogens with zero attached hydrogens (tertiary/aromatic N) is 5. The summed E-state index contributed by atoms with van der Waals surface area (Å²) in [6.45, 7) is 4.54. The maximum absolute atomic E-state index is 5.45. The number of rotatable bonds is 5. The van der Waals surface area contributed by atoms with E-state index in [9.17, 15) is 0 Å². The van der Waals surface area contributed by atoms with Crippen LogP contribution in [0, 0.1) is 6.92 Å². The Balaban J connectivity index is 1.52. The van der Waals surface area contributed by atoms with Gasteiger partial charge in [0.1, 0.15) is 5.82 Å². The number of aryl methyl sites for hydroxylation is 1. The van der Waals surface area contributed by atoms with Crippen molar-refractivity contribution in [1.82, 2.24) is 24.6 Å². The molecule has 0 amide bonds. The van der Waals surface area contributed by atoms with E-state index in [2.05, 4.69) is 55.1 Å². The lowest BCUT2D eigenvalue weighted by molar-refractivity contribution is 0.107. The molecule has 25 heavy (non-hydrogen) atoms. The Morgan fingerprint density at radius 1 is 1.16 bits per heavy atom. The van der Waals surface area contributed by atoms with Gasteiger partial charge in [-0.25, -0.2) is 4.98 Å². The fraction of sp³-hybridized carbons (Fsp3) is 0.421. The third-order valence-corrected chi connectivity index (χ3v) is 4.78. The summed E-state index contributed by atoms with van der Waals surface area (Å²) < 4.78 is 7.67. The summed E-state index contributed by atoms with van der Waals surface area (Å²) in [6, 6.07) is 10.7. The number of hydrogen-bond acceptors (Lipinski definition) is 5. The average Bonchev–Trinajstić information content (AvgIpc) is 3.26. The molecule has 0 N–H and O–H groups in total. The van der Waals surface area contributed by atoms with Crippen LogP contribution in [0.4, 0.5) is 0 Å². The van der Waals surface area contributed by atoms with Crippen molar-refractivity contribution < 1.29 is 4.52 Å². The highest BCUT2D eigenvalue weighted by molar-refractivity contribution is 5.16. The minimum Gasteiger partial charge on any atom is -0.338 e. The molecule has 1 unspecified atom stereocenters. The summed E-state index contributed by atoms with van der Waals surface area (Å²) in [5.74, 6) is 2.51. The number of likely N-dealkylation sites (tertiary alicyclic amines) is 1. The Bertz CT molecular complexity index is 810. The van der Waals surface area contributed by atoms with E-state index in [1.807, 2.05) is 19.2 Å². The van der Waals surface area contributed by atoms with Crippen LogP contribution in [-0.4, -0.2) is 31.1 Å². The smallest absolute Gasteiger partial charge is 0.243 e. The van der Waals surface area contributed by atoms with E-state index in [0.717, 1.165) is 37.8 Å². The zero-order valence-electron chi connectivity index (χ0n) is 14.5. The minimum absolute atomic E-state index is 0.192. The molecule has 1 saturated heterocycles. The van der Waals surface area contributed by atoms with Crippen molar-refractivity contribution in [1.29, 1.82) is 0 Å². The van der Waals surface area contributed by atoms with E-state index in [1.165, 1.54) is 18.4 Å². The normalized spacial score (nSPS) is 18.5. The maximum atomic E-state index is 5.45. The van der Waals surface area contributed by atoms with Gasteiger partial charge in [-0.15, -0.1) is 0 Å². The SMILES string of the molecule is Cc1noc(C2CCCCN2Cc2nccn2Cc2ccccc2)n1. The van der Waals surface area contributed by atoms with Gasteiger partial charge in [-0.3, -0.25) is 4.90 Å². The van der Waals surface area contributed by atoms with Gasteiger partial charge >= 0.3 is 0 Å². The molecule has 3 heterocycles. The summed E-state index contributed by atoms with van der Waals surface area (Å²) in [6.07, 6.45) is 7.39. The first-order valence-electron chi connectivity index (χ1n) is 8.88. The molecule has 0 radical (unpaired) electrons. The first-order chi connectivity index (χ1) is 12.3. The van der Waals surface area contributed by atoms with Crippen LogP contribution in [0.25, 0.3) is 0 Å². The third kappa shape index (κ3) is 3.64. The molecule has 1 fully saturated rings. The molecule has 2 aromatic heterocycles. The predicted octanol–water partition coefficient (Wildman–Crippen LogP) is 3.35. The van der Waals surface area contributed by atoms with Gasteiger partial charge in [-0.1, -0.05) is 41.9 Å². The standard InChI is InChI=1S/C19H23N5O/c1-15-21-19(25-22-15)17-9-5-6-11-23(17)14-18-20-10-12-24(18)13-16-7-3-2-4-8-16/h2-4,7-8,10,12,17H,5-6,9,11,13-14H2,1H3. The molecule has 1 aliphatic rings. The Morgan fingerprint density at radius 3 is 2.84 bits per heavy atom. The van der Waals surface area contributed by atoms with E-state index in [0.29, 0.717) is 5.82 Å². The Kier molecular flexibility index (Phi) is 4.61. The lowest BCUT2D eigenvalue weighted by Gasteiger charge is -2.33. The second-order valence-corrected chi connectivity index (χ2v) is 6.62. The van der Waals surface area contributed by atoms with Crippen molar-refractivity contribution in [2.45, 2.75) is 45.3 Å². The first kappa shape index (κ1) is 16.0. The summed E-state index contributed by atoms with van der Waals surface area (Å²) >= 11 is 0. The molecule has 1 atom stereocenters. The highest BCUT2D eigenvalue weighted by Crippen LogP contribution is 2.31. The van der Waals surface area contributed by atoms with Gasteiger partial charge in [0.05, 0.1) is 12.6 Å². The van der Waals surface area contributed by atoms with E-state index < -0.39 is 0 Å². The Labute approximate surface area is 147 Å². The topological polar surface area (TPSA) is 60.0 Å². The van der Waals surface area contributed by atoms with E-state index in [1.54, 1.807) is 0 Å². The van der Waals surface area contributed by atoms with Gasteiger partial charge in [0.25, 0.3) is 0 Å². The Hall–Kier alpha value is -2.47. The van der Waals surface area contributed by atoms with Crippen LogP contribution in [0.5, 0.6) is 0 Å². The molecule has 1 aliphatic heterocycles. The van der Waals surface area contributed by atoms with E-state index in [-0.39, 0.29) is 6.04 Å².